The zero-order chi connectivity index (χ0) is 19.8. The minimum absolute atomic E-state index is 0. The standard InChI is InChI=1S/C19H29N5O3.HI/c1-4-27-19(26)24-11-9-16(10-12-24)22-18(20)21-13-14-5-7-15(8-6-14)17(25)23(2)3;/h5-8,16H,4,9-13H2,1-3H3,(H3,20,21,22);1H. The molecule has 0 aromatic heterocycles. The van der Waals surface area contributed by atoms with Crippen molar-refractivity contribution in [2.24, 2.45) is 10.7 Å². The van der Waals surface area contributed by atoms with Crippen LogP contribution in [0.2, 0.25) is 0 Å². The van der Waals surface area contributed by atoms with E-state index in [1.54, 1.807) is 43.0 Å². The number of nitrogens with one attached hydrogen (secondary N) is 1. The molecule has 1 aliphatic heterocycles. The minimum Gasteiger partial charge on any atom is -0.450 e. The summed E-state index contributed by atoms with van der Waals surface area (Å²) < 4.78 is 5.02. The van der Waals surface area contributed by atoms with E-state index in [0.717, 1.165) is 18.4 Å². The van der Waals surface area contributed by atoms with E-state index in [9.17, 15) is 9.59 Å². The van der Waals surface area contributed by atoms with Crippen LogP contribution in [0.25, 0.3) is 0 Å². The van der Waals surface area contributed by atoms with Gasteiger partial charge in [0.15, 0.2) is 5.96 Å². The van der Waals surface area contributed by atoms with Gasteiger partial charge in [-0.1, -0.05) is 12.1 Å². The van der Waals surface area contributed by atoms with Crippen LogP contribution in [0.15, 0.2) is 29.3 Å². The van der Waals surface area contributed by atoms with Crippen molar-refractivity contribution in [3.05, 3.63) is 35.4 Å². The summed E-state index contributed by atoms with van der Waals surface area (Å²) in [7, 11) is 3.45. The molecule has 0 aliphatic carbocycles. The van der Waals surface area contributed by atoms with E-state index < -0.39 is 0 Å². The molecule has 28 heavy (non-hydrogen) atoms. The van der Waals surface area contributed by atoms with Gasteiger partial charge in [-0.05, 0) is 37.5 Å². The highest BCUT2D eigenvalue weighted by atomic mass is 127. The fourth-order valence-corrected chi connectivity index (χ4v) is 2.86. The van der Waals surface area contributed by atoms with Gasteiger partial charge in [-0.15, -0.1) is 24.0 Å². The summed E-state index contributed by atoms with van der Waals surface area (Å²) in [6.45, 7) is 3.92. The molecule has 1 heterocycles. The third-order valence-corrected chi connectivity index (χ3v) is 4.41. The fraction of sp³-hybridized carbons (Fsp3) is 0.526. The van der Waals surface area contributed by atoms with Gasteiger partial charge in [-0.3, -0.25) is 4.79 Å². The molecule has 2 rings (SSSR count). The Bertz CT molecular complexity index is 671. The number of likely N-dealkylation sites (tertiary alicyclic amines) is 1. The Morgan fingerprint density at radius 1 is 1.25 bits per heavy atom. The minimum atomic E-state index is -0.256. The highest BCUT2D eigenvalue weighted by molar-refractivity contribution is 14.0. The van der Waals surface area contributed by atoms with Gasteiger partial charge >= 0.3 is 6.09 Å². The van der Waals surface area contributed by atoms with Crippen molar-refractivity contribution in [3.8, 4) is 0 Å². The molecule has 1 aromatic carbocycles. The number of guanidine groups is 1. The number of ether oxygens (including phenoxy) is 1. The Morgan fingerprint density at radius 3 is 2.39 bits per heavy atom. The van der Waals surface area contributed by atoms with Crippen LogP contribution in [0.5, 0.6) is 0 Å². The average Bonchev–Trinajstić information content (AvgIpc) is 2.67. The van der Waals surface area contributed by atoms with Crippen LogP contribution in [-0.2, 0) is 11.3 Å². The normalized spacial score (nSPS) is 14.8. The van der Waals surface area contributed by atoms with Gasteiger partial charge in [0.25, 0.3) is 5.91 Å². The quantitative estimate of drug-likeness (QED) is 0.364. The molecule has 1 aromatic rings. The largest absolute Gasteiger partial charge is 0.450 e. The van der Waals surface area contributed by atoms with E-state index in [0.29, 0.717) is 37.8 Å². The third kappa shape index (κ3) is 7.17. The molecule has 0 unspecified atom stereocenters. The highest BCUT2D eigenvalue weighted by Crippen LogP contribution is 2.12. The van der Waals surface area contributed by atoms with Gasteiger partial charge in [-0.25, -0.2) is 9.79 Å². The number of carbonyl (C=O) groups excluding carboxylic acids is 2. The summed E-state index contributed by atoms with van der Waals surface area (Å²) in [4.78, 5) is 31.2. The maximum atomic E-state index is 11.9. The van der Waals surface area contributed by atoms with Gasteiger partial charge in [-0.2, -0.15) is 0 Å². The molecule has 0 radical (unpaired) electrons. The monoisotopic (exact) mass is 503 g/mol. The third-order valence-electron chi connectivity index (χ3n) is 4.41. The summed E-state index contributed by atoms with van der Waals surface area (Å²) in [6, 6.07) is 7.54. The Kier molecular flexibility index (Phi) is 10.0. The van der Waals surface area contributed by atoms with E-state index in [4.69, 9.17) is 10.5 Å². The van der Waals surface area contributed by atoms with Crippen molar-refractivity contribution in [2.45, 2.75) is 32.4 Å². The average molecular weight is 503 g/mol. The van der Waals surface area contributed by atoms with Gasteiger partial charge in [0, 0.05) is 38.8 Å². The van der Waals surface area contributed by atoms with Crippen LogP contribution < -0.4 is 11.1 Å². The number of aliphatic imine (C=N–C) groups is 1. The summed E-state index contributed by atoms with van der Waals surface area (Å²) in [5.74, 6) is 0.360. The zero-order valence-electron chi connectivity index (χ0n) is 16.7. The number of hydrogen-bond donors (Lipinski definition) is 2. The highest BCUT2D eigenvalue weighted by Gasteiger charge is 2.23. The predicted octanol–water partition coefficient (Wildman–Crippen LogP) is 2.03. The van der Waals surface area contributed by atoms with Crippen LogP contribution >= 0.6 is 24.0 Å². The predicted molar refractivity (Wildman–Crippen MR) is 120 cm³/mol. The first-order valence-electron chi connectivity index (χ1n) is 9.19. The van der Waals surface area contributed by atoms with E-state index in [1.165, 1.54) is 0 Å². The van der Waals surface area contributed by atoms with Crippen molar-refractivity contribution in [1.82, 2.24) is 15.1 Å². The molecule has 1 fully saturated rings. The molecule has 8 nitrogen and oxygen atoms in total. The summed E-state index contributed by atoms with van der Waals surface area (Å²) in [5.41, 5.74) is 7.61. The molecular formula is C19H30IN5O3. The molecule has 0 saturated carbocycles. The first kappa shape index (κ1) is 24.0. The van der Waals surface area contributed by atoms with Crippen LogP contribution in [0.1, 0.15) is 35.7 Å². The summed E-state index contributed by atoms with van der Waals surface area (Å²) >= 11 is 0. The second-order valence-corrected chi connectivity index (χ2v) is 6.70. The Hall–Kier alpha value is -2.04. The van der Waals surface area contributed by atoms with Gasteiger partial charge in [0.05, 0.1) is 13.2 Å². The first-order chi connectivity index (χ1) is 12.9. The number of halogens is 1. The Morgan fingerprint density at radius 2 is 1.86 bits per heavy atom. The smallest absolute Gasteiger partial charge is 0.409 e. The lowest BCUT2D eigenvalue weighted by Crippen LogP contribution is -2.48. The van der Waals surface area contributed by atoms with Crippen LogP contribution in [0, 0.1) is 0 Å². The number of nitrogens with zero attached hydrogens (tertiary/aromatic N) is 3. The van der Waals surface area contributed by atoms with Crippen molar-refractivity contribution >= 4 is 41.9 Å². The maximum Gasteiger partial charge on any atom is 0.409 e. The molecule has 9 heteroatoms. The Labute approximate surface area is 183 Å². The van der Waals surface area contributed by atoms with Gasteiger partial charge < -0.3 is 25.6 Å². The lowest BCUT2D eigenvalue weighted by Gasteiger charge is -2.31. The number of rotatable bonds is 5. The van der Waals surface area contributed by atoms with Crippen LogP contribution in [0.3, 0.4) is 0 Å². The topological polar surface area (TPSA) is 100 Å². The summed E-state index contributed by atoms with van der Waals surface area (Å²) in [6.07, 6.45) is 1.35. The van der Waals surface area contributed by atoms with Gasteiger partial charge in [0.1, 0.15) is 0 Å². The lowest BCUT2D eigenvalue weighted by atomic mass is 10.1. The SMILES string of the molecule is CCOC(=O)N1CCC(NC(N)=NCc2ccc(C(=O)N(C)C)cc2)CC1.I. The fourth-order valence-electron chi connectivity index (χ4n) is 2.86. The van der Waals surface area contributed by atoms with Crippen molar-refractivity contribution in [1.29, 1.82) is 0 Å². The summed E-state index contributed by atoms with van der Waals surface area (Å²) in [5, 5.41) is 3.21. The molecular weight excluding hydrogens is 473 g/mol. The van der Waals surface area contributed by atoms with Gasteiger partial charge in [0.2, 0.25) is 0 Å². The lowest BCUT2D eigenvalue weighted by molar-refractivity contribution is 0.0827. The number of carbonyl (C=O) groups is 2. The number of benzene rings is 1. The molecule has 3 N–H and O–H groups in total. The molecule has 1 saturated heterocycles. The zero-order valence-corrected chi connectivity index (χ0v) is 19.0. The number of hydrogen-bond acceptors (Lipinski definition) is 4. The second-order valence-electron chi connectivity index (χ2n) is 6.70. The molecule has 2 amide bonds. The van der Waals surface area contributed by atoms with E-state index in [-0.39, 0.29) is 42.0 Å². The Balaban J connectivity index is 0.00000392. The second kappa shape index (κ2) is 11.7. The molecule has 0 spiro atoms. The number of nitrogens with two attached hydrogens (primary N) is 1. The molecule has 156 valence electrons. The number of piperidine rings is 1. The number of amides is 2. The molecule has 0 atom stereocenters. The molecule has 0 bridgehead atoms. The molecule has 1 aliphatic rings. The van der Waals surface area contributed by atoms with Crippen molar-refractivity contribution in [3.63, 3.8) is 0 Å². The van der Waals surface area contributed by atoms with Crippen LogP contribution in [0.4, 0.5) is 4.79 Å². The maximum absolute atomic E-state index is 11.9. The van der Waals surface area contributed by atoms with E-state index >= 15 is 0 Å². The van der Waals surface area contributed by atoms with Crippen LogP contribution in [-0.4, -0.2) is 67.6 Å². The van der Waals surface area contributed by atoms with Crippen molar-refractivity contribution < 1.29 is 14.3 Å². The van der Waals surface area contributed by atoms with Crippen molar-refractivity contribution in [2.75, 3.05) is 33.8 Å². The van der Waals surface area contributed by atoms with E-state index in [2.05, 4.69) is 10.3 Å². The first-order valence-corrected chi connectivity index (χ1v) is 9.19. The van der Waals surface area contributed by atoms with E-state index in [1.807, 2.05) is 12.1 Å².